The summed E-state index contributed by atoms with van der Waals surface area (Å²) < 4.78 is 34.3. The van der Waals surface area contributed by atoms with Crippen molar-refractivity contribution in [2.75, 3.05) is 13.2 Å². The molecule has 0 radical (unpaired) electrons. The van der Waals surface area contributed by atoms with Crippen molar-refractivity contribution in [2.24, 2.45) is 0 Å². The van der Waals surface area contributed by atoms with E-state index in [0.717, 1.165) is 12.8 Å². The molecule has 0 aliphatic carbocycles. The number of halogens is 2. The van der Waals surface area contributed by atoms with Crippen LogP contribution in [0.4, 0.5) is 13.6 Å². The van der Waals surface area contributed by atoms with Crippen LogP contribution in [0.2, 0.25) is 0 Å². The van der Waals surface area contributed by atoms with Gasteiger partial charge in [0, 0.05) is 42.5 Å². The van der Waals surface area contributed by atoms with Crippen LogP contribution in [0.1, 0.15) is 30.9 Å². The van der Waals surface area contributed by atoms with Gasteiger partial charge in [-0.05, 0) is 18.9 Å². The third kappa shape index (κ3) is 2.86. The van der Waals surface area contributed by atoms with Gasteiger partial charge in [-0.2, -0.15) is 0 Å². The molecule has 4 rings (SSSR count). The molecule has 1 aromatic rings. The third-order valence-corrected chi connectivity index (χ3v) is 5.25. The number of alkyl halides is 1. The number of allylic oxidation sites excluding steroid dienone is 1. The Morgan fingerprint density at radius 3 is 2.69 bits per heavy atom. The van der Waals surface area contributed by atoms with Crippen molar-refractivity contribution in [2.45, 2.75) is 37.5 Å². The molecular weight excluding hydrogens is 340 g/mol. The van der Waals surface area contributed by atoms with Gasteiger partial charge in [-0.15, -0.1) is 0 Å². The van der Waals surface area contributed by atoms with Crippen LogP contribution < -0.4 is 10.6 Å². The van der Waals surface area contributed by atoms with Crippen LogP contribution in [-0.4, -0.2) is 36.4 Å². The molecule has 1 saturated heterocycles. The van der Waals surface area contributed by atoms with Crippen molar-refractivity contribution in [1.82, 2.24) is 15.5 Å². The van der Waals surface area contributed by atoms with E-state index in [9.17, 15) is 13.6 Å². The highest BCUT2D eigenvalue weighted by atomic mass is 19.1. The number of carbonyl (C=O) groups excluding carboxylic acids is 1. The number of rotatable bonds is 2. The molecule has 3 aliphatic rings. The lowest BCUT2D eigenvalue weighted by molar-refractivity contribution is 0.0536. The molecule has 3 heterocycles. The van der Waals surface area contributed by atoms with Crippen LogP contribution in [0.25, 0.3) is 0 Å². The molecule has 0 aromatic heterocycles. The van der Waals surface area contributed by atoms with Gasteiger partial charge in [0.1, 0.15) is 17.8 Å². The van der Waals surface area contributed by atoms with Crippen molar-refractivity contribution in [1.29, 1.82) is 0 Å². The zero-order valence-corrected chi connectivity index (χ0v) is 14.3. The minimum absolute atomic E-state index is 0.00680. The first kappa shape index (κ1) is 17.0. The first-order chi connectivity index (χ1) is 12.6. The van der Waals surface area contributed by atoms with E-state index in [-0.39, 0.29) is 24.1 Å². The fourth-order valence-electron chi connectivity index (χ4n) is 3.89. The maximum atomic E-state index is 14.9. The molecular formula is C19H21F2N3O2. The molecule has 0 bridgehead atoms. The lowest BCUT2D eigenvalue weighted by atomic mass is 9.90. The minimum Gasteiger partial charge on any atom is -0.381 e. The Kier molecular flexibility index (Phi) is 4.40. The van der Waals surface area contributed by atoms with Gasteiger partial charge < -0.3 is 10.1 Å². The normalized spacial score (nSPS) is 27.1. The van der Waals surface area contributed by atoms with Gasteiger partial charge in [0.05, 0.1) is 6.04 Å². The Bertz CT molecular complexity index is 774. The maximum Gasteiger partial charge on any atom is 0.327 e. The summed E-state index contributed by atoms with van der Waals surface area (Å²) in [5.41, 5.74) is 1.40. The molecule has 2 atom stereocenters. The fraction of sp³-hybridized carbons (Fsp3) is 0.421. The zero-order chi connectivity index (χ0) is 18.3. The summed E-state index contributed by atoms with van der Waals surface area (Å²) >= 11 is 0. The summed E-state index contributed by atoms with van der Waals surface area (Å²) in [4.78, 5) is 14.2. The molecule has 1 fully saturated rings. The van der Waals surface area contributed by atoms with E-state index in [4.69, 9.17) is 4.74 Å². The molecule has 2 amide bonds. The van der Waals surface area contributed by atoms with Gasteiger partial charge in [0.25, 0.3) is 0 Å². The summed E-state index contributed by atoms with van der Waals surface area (Å²) in [7, 11) is 0. The summed E-state index contributed by atoms with van der Waals surface area (Å²) in [5, 5.41) is 5.77. The molecule has 0 saturated carbocycles. The largest absolute Gasteiger partial charge is 0.381 e. The van der Waals surface area contributed by atoms with E-state index >= 15 is 0 Å². The lowest BCUT2D eigenvalue weighted by Gasteiger charge is -2.43. The molecule has 5 nitrogen and oxygen atoms in total. The first-order valence-electron chi connectivity index (χ1n) is 8.81. The molecule has 0 spiro atoms. The van der Waals surface area contributed by atoms with Gasteiger partial charge in [0.2, 0.25) is 0 Å². The minimum atomic E-state index is -1.33. The highest BCUT2D eigenvalue weighted by Crippen LogP contribution is 2.38. The van der Waals surface area contributed by atoms with Crippen LogP contribution in [-0.2, 0) is 4.74 Å². The van der Waals surface area contributed by atoms with Crippen LogP contribution in [0, 0.1) is 5.82 Å². The Labute approximate surface area is 150 Å². The molecule has 1 aromatic carbocycles. The first-order valence-corrected chi connectivity index (χ1v) is 8.81. The summed E-state index contributed by atoms with van der Waals surface area (Å²) in [6, 6.07) is 4.94. The summed E-state index contributed by atoms with van der Waals surface area (Å²) in [6.45, 7) is 5.22. The van der Waals surface area contributed by atoms with E-state index in [0.29, 0.717) is 30.3 Å². The van der Waals surface area contributed by atoms with Gasteiger partial charge in [-0.3, -0.25) is 10.2 Å². The highest BCUT2D eigenvalue weighted by molar-refractivity contribution is 5.82. The van der Waals surface area contributed by atoms with E-state index < -0.39 is 18.0 Å². The zero-order valence-electron chi connectivity index (χ0n) is 14.3. The number of nitrogens with one attached hydrogen (secondary N) is 2. The average Bonchev–Trinajstić information content (AvgIpc) is 2.64. The van der Waals surface area contributed by atoms with E-state index in [1.165, 1.54) is 6.07 Å². The third-order valence-electron chi connectivity index (χ3n) is 5.25. The molecule has 7 heteroatoms. The predicted molar refractivity (Wildman–Crippen MR) is 92.2 cm³/mol. The molecule has 138 valence electrons. The number of nitrogens with zero attached hydrogens (tertiary/aromatic N) is 1. The number of hydrogen-bond donors (Lipinski definition) is 2. The number of urea groups is 1. The number of ether oxygens (including phenoxy) is 1. The number of carbonyl (C=O) groups is 1. The van der Waals surface area contributed by atoms with Crippen molar-refractivity contribution in [3.63, 3.8) is 0 Å². The molecule has 0 unspecified atom stereocenters. The van der Waals surface area contributed by atoms with Crippen molar-refractivity contribution in [3.05, 3.63) is 59.3 Å². The van der Waals surface area contributed by atoms with Gasteiger partial charge in [0.15, 0.2) is 0 Å². The SMILES string of the molecule is C=C1C2=C(NC(=O)N1C1CCOCC1)N[C@@H](c1ccccc1F)[C@@H](F)C2. The second kappa shape index (κ2) is 6.72. The van der Waals surface area contributed by atoms with E-state index in [2.05, 4.69) is 17.2 Å². The number of hydrogen-bond acceptors (Lipinski definition) is 3. The second-order valence-corrected chi connectivity index (χ2v) is 6.81. The Morgan fingerprint density at radius 1 is 1.23 bits per heavy atom. The number of benzene rings is 1. The Balaban J connectivity index is 1.61. The van der Waals surface area contributed by atoms with Crippen LogP contribution in [0.3, 0.4) is 0 Å². The molecule has 3 aliphatic heterocycles. The van der Waals surface area contributed by atoms with Gasteiger partial charge in [-0.1, -0.05) is 24.8 Å². The summed E-state index contributed by atoms with van der Waals surface area (Å²) in [5.74, 6) is -0.0491. The van der Waals surface area contributed by atoms with Crippen LogP contribution in [0.5, 0.6) is 0 Å². The maximum absolute atomic E-state index is 14.9. The van der Waals surface area contributed by atoms with Crippen molar-refractivity contribution < 1.29 is 18.3 Å². The monoisotopic (exact) mass is 361 g/mol. The van der Waals surface area contributed by atoms with E-state index in [1.807, 2.05) is 0 Å². The fourth-order valence-corrected chi connectivity index (χ4v) is 3.89. The summed E-state index contributed by atoms with van der Waals surface area (Å²) in [6.07, 6.45) is 0.188. The van der Waals surface area contributed by atoms with Crippen molar-refractivity contribution in [3.8, 4) is 0 Å². The van der Waals surface area contributed by atoms with Crippen LogP contribution >= 0.6 is 0 Å². The highest BCUT2D eigenvalue weighted by Gasteiger charge is 2.40. The quantitative estimate of drug-likeness (QED) is 0.851. The van der Waals surface area contributed by atoms with Gasteiger partial charge in [-0.25, -0.2) is 13.6 Å². The topological polar surface area (TPSA) is 53.6 Å². The average molecular weight is 361 g/mol. The molecule has 2 N–H and O–H groups in total. The lowest BCUT2D eigenvalue weighted by Crippen LogP contribution is -2.55. The predicted octanol–water partition coefficient (Wildman–Crippen LogP) is 3.13. The second-order valence-electron chi connectivity index (χ2n) is 6.81. The standard InChI is InChI=1S/C19H21F2N3O2/c1-11-14-10-16(21)17(13-4-2-3-5-15(13)20)22-18(14)23-19(25)24(11)12-6-8-26-9-7-12/h2-5,12,16-17,22H,1,6-10H2,(H,23,25)/t16-,17-/m0/s1. The Morgan fingerprint density at radius 2 is 1.96 bits per heavy atom. The van der Waals surface area contributed by atoms with Crippen molar-refractivity contribution >= 4 is 6.03 Å². The Hall–Kier alpha value is -2.41. The van der Waals surface area contributed by atoms with E-state index in [1.54, 1.807) is 23.1 Å². The molecule has 26 heavy (non-hydrogen) atoms. The smallest absolute Gasteiger partial charge is 0.327 e. The number of amides is 2. The van der Waals surface area contributed by atoms with Gasteiger partial charge >= 0.3 is 6.03 Å². The van der Waals surface area contributed by atoms with Crippen LogP contribution in [0.15, 0.2) is 47.9 Å².